The number of benzene rings is 1. The fraction of sp³-hybridized carbons (Fsp3) is 0.294. The number of aromatic nitrogens is 4. The second-order valence-electron chi connectivity index (χ2n) is 5.68. The summed E-state index contributed by atoms with van der Waals surface area (Å²) in [6, 6.07) is 7.63. The van der Waals surface area contributed by atoms with Crippen molar-refractivity contribution in [3.05, 3.63) is 56.5 Å². The van der Waals surface area contributed by atoms with Crippen LogP contribution in [-0.2, 0) is 19.2 Å². The van der Waals surface area contributed by atoms with Crippen LogP contribution in [0.15, 0.2) is 34.5 Å². The lowest BCUT2D eigenvalue weighted by molar-refractivity contribution is 0.0954. The van der Waals surface area contributed by atoms with E-state index in [0.29, 0.717) is 23.3 Å². The molecule has 0 saturated carbocycles. The fourth-order valence-corrected chi connectivity index (χ4v) is 3.99. The Morgan fingerprint density at radius 1 is 1.38 bits per heavy atom. The Labute approximate surface area is 165 Å². The van der Waals surface area contributed by atoms with Gasteiger partial charge in [-0.25, -0.2) is 4.98 Å². The summed E-state index contributed by atoms with van der Waals surface area (Å²) in [7, 11) is 1.85. The summed E-state index contributed by atoms with van der Waals surface area (Å²) in [5.74, 6) is 1.56. The molecule has 3 aromatic rings. The average Bonchev–Trinajstić information content (AvgIpc) is 3.20. The molecule has 9 heteroatoms. The molecule has 0 atom stereocenters. The van der Waals surface area contributed by atoms with Gasteiger partial charge in [0.1, 0.15) is 5.82 Å². The lowest BCUT2D eigenvalue weighted by Gasteiger charge is -2.06. The van der Waals surface area contributed by atoms with Gasteiger partial charge in [0, 0.05) is 41.6 Å². The van der Waals surface area contributed by atoms with Gasteiger partial charge in [0.2, 0.25) is 0 Å². The van der Waals surface area contributed by atoms with Gasteiger partial charge < -0.3 is 9.88 Å². The third-order valence-corrected chi connectivity index (χ3v) is 6.01. The first-order chi connectivity index (χ1) is 12.5. The van der Waals surface area contributed by atoms with Crippen LogP contribution >= 0.6 is 35.3 Å². The van der Waals surface area contributed by atoms with Crippen molar-refractivity contribution in [2.45, 2.75) is 24.0 Å². The molecule has 3 rings (SSSR count). The maximum atomic E-state index is 12.2. The molecule has 0 fully saturated rings. The maximum Gasteiger partial charge on any atom is 0.251 e. The standard InChI is InChI=1S/C17H19N5OS3/c1-11-19-13(9-25-11)10-26-14-5-3-12(4-6-14)16(23)18-8-7-15-20-21-17(24)22(15)2/h3-6,9H,7-8,10H2,1-2H3,(H,18,23)(H,21,24). The van der Waals surface area contributed by atoms with Crippen molar-refractivity contribution in [3.8, 4) is 0 Å². The zero-order valence-electron chi connectivity index (χ0n) is 14.5. The molecule has 0 unspecified atom stereocenters. The summed E-state index contributed by atoms with van der Waals surface area (Å²) in [6.45, 7) is 2.51. The van der Waals surface area contributed by atoms with Gasteiger partial charge in [0.25, 0.3) is 5.91 Å². The SMILES string of the molecule is Cc1nc(CSc2ccc(C(=O)NCCc3n[nH]c(=S)n3C)cc2)cs1. The maximum absolute atomic E-state index is 12.2. The predicted octanol–water partition coefficient (Wildman–Crippen LogP) is 3.51. The third-order valence-electron chi connectivity index (χ3n) is 3.78. The van der Waals surface area contributed by atoms with Crippen LogP contribution in [0.25, 0.3) is 0 Å². The van der Waals surface area contributed by atoms with E-state index in [2.05, 4.69) is 25.9 Å². The number of rotatable bonds is 7. The topological polar surface area (TPSA) is 75.6 Å². The van der Waals surface area contributed by atoms with E-state index in [1.54, 1.807) is 27.7 Å². The quantitative estimate of drug-likeness (QED) is 0.465. The van der Waals surface area contributed by atoms with Crippen LogP contribution in [0.1, 0.15) is 26.9 Å². The Morgan fingerprint density at radius 3 is 2.77 bits per heavy atom. The van der Waals surface area contributed by atoms with E-state index < -0.39 is 0 Å². The van der Waals surface area contributed by atoms with Crippen LogP contribution in [0.3, 0.4) is 0 Å². The van der Waals surface area contributed by atoms with E-state index in [9.17, 15) is 4.79 Å². The molecule has 0 aliphatic heterocycles. The zero-order chi connectivity index (χ0) is 18.5. The van der Waals surface area contributed by atoms with E-state index in [-0.39, 0.29) is 5.91 Å². The number of hydrogen-bond acceptors (Lipinski definition) is 6. The predicted molar refractivity (Wildman–Crippen MR) is 107 cm³/mol. The molecule has 0 bridgehead atoms. The minimum absolute atomic E-state index is 0.0894. The molecule has 26 heavy (non-hydrogen) atoms. The van der Waals surface area contributed by atoms with E-state index in [1.807, 2.05) is 38.2 Å². The number of aromatic amines is 1. The number of carbonyl (C=O) groups is 1. The lowest BCUT2D eigenvalue weighted by Crippen LogP contribution is -2.26. The monoisotopic (exact) mass is 405 g/mol. The molecule has 1 amide bonds. The molecule has 2 aromatic heterocycles. The van der Waals surface area contributed by atoms with Crippen molar-refractivity contribution in [1.82, 2.24) is 25.1 Å². The van der Waals surface area contributed by atoms with Gasteiger partial charge in [-0.15, -0.1) is 23.1 Å². The Balaban J connectivity index is 1.48. The Morgan fingerprint density at radius 2 is 2.15 bits per heavy atom. The highest BCUT2D eigenvalue weighted by atomic mass is 32.2. The second kappa shape index (κ2) is 8.61. The number of H-pyrrole nitrogens is 1. The van der Waals surface area contributed by atoms with Gasteiger partial charge in [-0.1, -0.05) is 0 Å². The first-order valence-electron chi connectivity index (χ1n) is 8.05. The molecule has 6 nitrogen and oxygen atoms in total. The number of nitrogens with zero attached hydrogens (tertiary/aromatic N) is 3. The highest BCUT2D eigenvalue weighted by molar-refractivity contribution is 7.98. The van der Waals surface area contributed by atoms with Crippen molar-refractivity contribution < 1.29 is 4.79 Å². The van der Waals surface area contributed by atoms with E-state index >= 15 is 0 Å². The van der Waals surface area contributed by atoms with Crippen LogP contribution in [0.2, 0.25) is 0 Å². The molecule has 0 aliphatic carbocycles. The largest absolute Gasteiger partial charge is 0.352 e. The van der Waals surface area contributed by atoms with Crippen molar-refractivity contribution in [2.75, 3.05) is 6.54 Å². The number of thiazole rings is 1. The van der Waals surface area contributed by atoms with Gasteiger partial charge >= 0.3 is 0 Å². The highest BCUT2D eigenvalue weighted by Gasteiger charge is 2.07. The van der Waals surface area contributed by atoms with Gasteiger partial charge in [-0.2, -0.15) is 5.10 Å². The lowest BCUT2D eigenvalue weighted by atomic mass is 10.2. The van der Waals surface area contributed by atoms with Crippen LogP contribution in [0.4, 0.5) is 0 Å². The van der Waals surface area contributed by atoms with Gasteiger partial charge in [-0.05, 0) is 43.4 Å². The minimum Gasteiger partial charge on any atom is -0.352 e. The van der Waals surface area contributed by atoms with Crippen molar-refractivity contribution in [2.24, 2.45) is 7.05 Å². The molecule has 0 radical (unpaired) electrons. The molecular formula is C17H19N5OS3. The van der Waals surface area contributed by atoms with Crippen molar-refractivity contribution in [3.63, 3.8) is 0 Å². The molecule has 0 saturated heterocycles. The Kier molecular flexibility index (Phi) is 6.23. The summed E-state index contributed by atoms with van der Waals surface area (Å²) in [6.07, 6.45) is 0.621. The molecule has 1 aromatic carbocycles. The van der Waals surface area contributed by atoms with Crippen LogP contribution in [0, 0.1) is 11.7 Å². The number of nitrogens with one attached hydrogen (secondary N) is 2. The molecular weight excluding hydrogens is 386 g/mol. The molecule has 0 aliphatic rings. The zero-order valence-corrected chi connectivity index (χ0v) is 16.9. The van der Waals surface area contributed by atoms with Crippen LogP contribution in [-0.4, -0.2) is 32.2 Å². The molecule has 2 heterocycles. The summed E-state index contributed by atoms with van der Waals surface area (Å²) >= 11 is 8.45. The smallest absolute Gasteiger partial charge is 0.251 e. The summed E-state index contributed by atoms with van der Waals surface area (Å²) in [4.78, 5) is 17.8. The average molecular weight is 406 g/mol. The second-order valence-corrected chi connectivity index (χ2v) is 8.18. The number of carbonyl (C=O) groups excluding carboxylic acids is 1. The minimum atomic E-state index is -0.0894. The molecule has 2 N–H and O–H groups in total. The highest BCUT2D eigenvalue weighted by Crippen LogP contribution is 2.23. The van der Waals surface area contributed by atoms with Crippen LogP contribution in [0.5, 0.6) is 0 Å². The first kappa shape index (κ1) is 18.8. The van der Waals surface area contributed by atoms with E-state index in [1.165, 1.54) is 0 Å². The Bertz CT molecular complexity index is 942. The number of amides is 1. The van der Waals surface area contributed by atoms with Crippen molar-refractivity contribution in [1.29, 1.82) is 0 Å². The first-order valence-corrected chi connectivity index (χ1v) is 10.3. The molecule has 136 valence electrons. The third kappa shape index (κ3) is 4.80. The number of thioether (sulfide) groups is 1. The fourth-order valence-electron chi connectivity index (χ4n) is 2.33. The molecule has 0 spiro atoms. The van der Waals surface area contributed by atoms with Crippen molar-refractivity contribution >= 4 is 41.2 Å². The number of hydrogen-bond donors (Lipinski definition) is 2. The van der Waals surface area contributed by atoms with E-state index in [0.717, 1.165) is 27.2 Å². The van der Waals surface area contributed by atoms with Gasteiger partial charge in [-0.3, -0.25) is 9.89 Å². The summed E-state index contributed by atoms with van der Waals surface area (Å²) in [5, 5.41) is 12.9. The van der Waals surface area contributed by atoms with Gasteiger partial charge in [0.15, 0.2) is 4.77 Å². The van der Waals surface area contributed by atoms with Gasteiger partial charge in [0.05, 0.1) is 10.7 Å². The summed E-state index contributed by atoms with van der Waals surface area (Å²) in [5.41, 5.74) is 1.74. The van der Waals surface area contributed by atoms with E-state index in [4.69, 9.17) is 12.2 Å². The Hall–Kier alpha value is -1.97. The van der Waals surface area contributed by atoms with Crippen LogP contribution < -0.4 is 5.32 Å². The summed E-state index contributed by atoms with van der Waals surface area (Å²) < 4.78 is 2.38. The normalized spacial score (nSPS) is 10.8. The number of aryl methyl sites for hydroxylation is 1.